The second-order valence-corrected chi connectivity index (χ2v) is 7.94. The summed E-state index contributed by atoms with van der Waals surface area (Å²) >= 11 is 1.27. The molecule has 32 heavy (non-hydrogen) atoms. The Balaban J connectivity index is 1.57. The van der Waals surface area contributed by atoms with Gasteiger partial charge in [0.25, 0.3) is 5.56 Å². The van der Waals surface area contributed by atoms with Gasteiger partial charge in [0.1, 0.15) is 0 Å². The largest absolute Gasteiger partial charge is 0.490 e. The molecule has 0 saturated carbocycles. The van der Waals surface area contributed by atoms with Gasteiger partial charge in [-0.1, -0.05) is 30.0 Å². The molecule has 2 aromatic carbocycles. The van der Waals surface area contributed by atoms with Crippen molar-refractivity contribution in [1.82, 2.24) is 14.9 Å². The van der Waals surface area contributed by atoms with E-state index in [9.17, 15) is 9.59 Å². The van der Waals surface area contributed by atoms with Gasteiger partial charge in [-0.15, -0.1) is 0 Å². The van der Waals surface area contributed by atoms with Crippen molar-refractivity contribution in [1.29, 1.82) is 0 Å². The van der Waals surface area contributed by atoms with E-state index in [0.29, 0.717) is 54.5 Å². The molecule has 1 amide bonds. The number of nitrogens with zero attached hydrogens (tertiary/aromatic N) is 2. The maximum atomic E-state index is 12.7. The second-order valence-electron chi connectivity index (χ2n) is 7.00. The number of aromatic nitrogens is 2. The predicted octanol–water partition coefficient (Wildman–Crippen LogP) is 3.66. The number of carbonyl (C=O) groups excluding carboxylic acids is 1. The van der Waals surface area contributed by atoms with Crippen molar-refractivity contribution in [3.05, 3.63) is 58.4 Å². The number of amides is 1. The van der Waals surface area contributed by atoms with Gasteiger partial charge in [0.05, 0.1) is 29.9 Å². The van der Waals surface area contributed by atoms with Crippen LogP contribution in [0.3, 0.4) is 0 Å². The molecule has 0 saturated heterocycles. The van der Waals surface area contributed by atoms with E-state index < -0.39 is 0 Å². The second kappa shape index (κ2) is 11.6. The Hall–Kier alpha value is -3.00. The fourth-order valence-electron chi connectivity index (χ4n) is 3.32. The molecule has 0 bridgehead atoms. The van der Waals surface area contributed by atoms with Gasteiger partial charge in [0, 0.05) is 13.1 Å². The zero-order valence-electron chi connectivity index (χ0n) is 18.7. The summed E-state index contributed by atoms with van der Waals surface area (Å²) in [5.41, 5.74) is 1.62. The molecular weight excluding hydrogens is 426 g/mol. The van der Waals surface area contributed by atoms with E-state index in [1.165, 1.54) is 11.8 Å². The van der Waals surface area contributed by atoms with Crippen LogP contribution in [0.1, 0.15) is 26.3 Å². The number of hydrogen-bond acceptors (Lipinski definition) is 6. The van der Waals surface area contributed by atoms with Crippen LogP contribution in [0.5, 0.6) is 11.5 Å². The van der Waals surface area contributed by atoms with Gasteiger partial charge in [0.2, 0.25) is 5.91 Å². The molecule has 0 aliphatic rings. The highest BCUT2D eigenvalue weighted by molar-refractivity contribution is 7.99. The summed E-state index contributed by atoms with van der Waals surface area (Å²) in [5.74, 6) is 1.53. The average Bonchev–Trinajstić information content (AvgIpc) is 2.80. The average molecular weight is 456 g/mol. The molecule has 0 atom stereocenters. The third-order valence-corrected chi connectivity index (χ3v) is 5.80. The molecule has 3 rings (SSSR count). The zero-order chi connectivity index (χ0) is 22.9. The lowest BCUT2D eigenvalue weighted by atomic mass is 10.1. The number of rotatable bonds is 11. The van der Waals surface area contributed by atoms with Crippen LogP contribution < -0.4 is 20.3 Å². The maximum absolute atomic E-state index is 12.7. The molecule has 8 heteroatoms. The Morgan fingerprint density at radius 2 is 1.81 bits per heavy atom. The summed E-state index contributed by atoms with van der Waals surface area (Å²) < 4.78 is 12.9. The first kappa shape index (κ1) is 23.7. The summed E-state index contributed by atoms with van der Waals surface area (Å²) in [7, 11) is 0. The van der Waals surface area contributed by atoms with Crippen molar-refractivity contribution < 1.29 is 14.3 Å². The van der Waals surface area contributed by atoms with Crippen LogP contribution in [0, 0.1) is 0 Å². The Bertz CT molecular complexity index is 1130. The molecular formula is C24H29N3O4S. The number of ether oxygens (including phenoxy) is 2. The van der Waals surface area contributed by atoms with Gasteiger partial charge in [-0.25, -0.2) is 4.98 Å². The monoisotopic (exact) mass is 455 g/mol. The highest BCUT2D eigenvalue weighted by Crippen LogP contribution is 2.28. The zero-order valence-corrected chi connectivity index (χ0v) is 19.5. The standard InChI is InChI=1S/C24H29N3O4S/c1-4-27-23(29)18-9-7-8-10-19(18)26-24(27)32-16-22(28)25-14-13-17-11-12-20(30-5-2)21(15-17)31-6-3/h7-12,15H,4-6,13-14,16H2,1-3H3,(H,25,28). The minimum absolute atomic E-state index is 0.0818. The third-order valence-electron chi connectivity index (χ3n) is 4.82. The van der Waals surface area contributed by atoms with Crippen LogP contribution in [0.25, 0.3) is 10.9 Å². The fraction of sp³-hybridized carbons (Fsp3) is 0.375. The van der Waals surface area contributed by atoms with Crippen molar-refractivity contribution in [3.63, 3.8) is 0 Å². The van der Waals surface area contributed by atoms with E-state index in [-0.39, 0.29) is 17.2 Å². The SMILES string of the molecule is CCOc1ccc(CCNC(=O)CSc2nc3ccccc3c(=O)n2CC)cc1OCC. The van der Waals surface area contributed by atoms with Crippen LogP contribution in [0.2, 0.25) is 0 Å². The van der Waals surface area contributed by atoms with Crippen molar-refractivity contribution in [3.8, 4) is 11.5 Å². The molecule has 0 radical (unpaired) electrons. The van der Waals surface area contributed by atoms with Crippen LogP contribution in [0.15, 0.2) is 52.4 Å². The summed E-state index contributed by atoms with van der Waals surface area (Å²) in [5, 5.41) is 4.08. The van der Waals surface area contributed by atoms with Gasteiger partial charge in [-0.2, -0.15) is 0 Å². The molecule has 170 valence electrons. The Labute approximate surface area is 192 Å². The first-order valence-corrected chi connectivity index (χ1v) is 11.8. The molecule has 1 aromatic heterocycles. The lowest BCUT2D eigenvalue weighted by molar-refractivity contribution is -0.118. The fourth-order valence-corrected chi connectivity index (χ4v) is 4.21. The first-order chi connectivity index (χ1) is 15.6. The van der Waals surface area contributed by atoms with Crippen molar-refractivity contribution in [2.24, 2.45) is 0 Å². The molecule has 7 nitrogen and oxygen atoms in total. The van der Waals surface area contributed by atoms with Crippen molar-refractivity contribution in [2.45, 2.75) is 38.9 Å². The smallest absolute Gasteiger partial charge is 0.262 e. The van der Waals surface area contributed by atoms with Crippen LogP contribution in [-0.2, 0) is 17.8 Å². The molecule has 3 aromatic rings. The minimum Gasteiger partial charge on any atom is -0.490 e. The van der Waals surface area contributed by atoms with Gasteiger partial charge >= 0.3 is 0 Å². The maximum Gasteiger partial charge on any atom is 0.262 e. The van der Waals surface area contributed by atoms with Gasteiger partial charge in [-0.05, 0) is 57.0 Å². The van der Waals surface area contributed by atoms with Crippen LogP contribution >= 0.6 is 11.8 Å². The van der Waals surface area contributed by atoms with E-state index in [0.717, 1.165) is 11.3 Å². The predicted molar refractivity (Wildman–Crippen MR) is 128 cm³/mol. The van der Waals surface area contributed by atoms with E-state index in [4.69, 9.17) is 9.47 Å². The highest BCUT2D eigenvalue weighted by Gasteiger charge is 2.12. The van der Waals surface area contributed by atoms with E-state index in [1.807, 2.05) is 57.2 Å². The number of benzene rings is 2. The molecule has 0 aliphatic heterocycles. The first-order valence-electron chi connectivity index (χ1n) is 10.8. The summed E-state index contributed by atoms with van der Waals surface area (Å²) in [6.45, 7) is 7.90. The number of carbonyl (C=O) groups is 1. The molecule has 1 heterocycles. The Morgan fingerprint density at radius 3 is 2.56 bits per heavy atom. The van der Waals surface area contributed by atoms with E-state index in [2.05, 4.69) is 10.3 Å². The van der Waals surface area contributed by atoms with Gasteiger partial charge in [-0.3, -0.25) is 14.2 Å². The number of nitrogens with one attached hydrogen (secondary N) is 1. The molecule has 1 N–H and O–H groups in total. The normalized spacial score (nSPS) is 10.8. The van der Waals surface area contributed by atoms with Crippen LogP contribution in [-0.4, -0.2) is 41.0 Å². The van der Waals surface area contributed by atoms with E-state index >= 15 is 0 Å². The Morgan fingerprint density at radius 1 is 1.06 bits per heavy atom. The van der Waals surface area contributed by atoms with Crippen LogP contribution in [0.4, 0.5) is 0 Å². The summed E-state index contributed by atoms with van der Waals surface area (Å²) in [4.78, 5) is 29.6. The Kier molecular flexibility index (Phi) is 8.56. The molecule has 0 fully saturated rings. The van der Waals surface area contributed by atoms with E-state index in [1.54, 1.807) is 10.6 Å². The lowest BCUT2D eigenvalue weighted by Gasteiger charge is -2.13. The number of para-hydroxylation sites is 1. The summed E-state index contributed by atoms with van der Waals surface area (Å²) in [6.07, 6.45) is 0.677. The molecule has 0 unspecified atom stereocenters. The summed E-state index contributed by atoms with van der Waals surface area (Å²) in [6, 6.07) is 13.1. The highest BCUT2D eigenvalue weighted by atomic mass is 32.2. The number of hydrogen-bond donors (Lipinski definition) is 1. The topological polar surface area (TPSA) is 82.5 Å². The minimum atomic E-state index is -0.101. The van der Waals surface area contributed by atoms with Crippen molar-refractivity contribution in [2.75, 3.05) is 25.5 Å². The van der Waals surface area contributed by atoms with Gasteiger partial charge < -0.3 is 14.8 Å². The van der Waals surface area contributed by atoms with Gasteiger partial charge in [0.15, 0.2) is 16.7 Å². The quantitative estimate of drug-likeness (QED) is 0.351. The molecule has 0 spiro atoms. The van der Waals surface area contributed by atoms with Crippen molar-refractivity contribution >= 4 is 28.6 Å². The number of fused-ring (bicyclic) bond motifs is 1. The number of thioether (sulfide) groups is 1. The lowest BCUT2D eigenvalue weighted by Crippen LogP contribution is -2.28. The molecule has 0 aliphatic carbocycles. The third kappa shape index (κ3) is 5.82.